The third-order valence-electron chi connectivity index (χ3n) is 2.53. The molecule has 0 fully saturated rings. The molecule has 0 aromatic heterocycles. The van der Waals surface area contributed by atoms with E-state index in [1.807, 2.05) is 6.08 Å². The van der Waals surface area contributed by atoms with Crippen molar-refractivity contribution in [2.24, 2.45) is 0 Å². The van der Waals surface area contributed by atoms with Crippen LogP contribution in [-0.4, -0.2) is 20.2 Å². The molecule has 0 spiro atoms. The lowest BCUT2D eigenvalue weighted by Gasteiger charge is -2.13. The Labute approximate surface area is 103 Å². The molecule has 0 aliphatic carbocycles. The van der Waals surface area contributed by atoms with Crippen LogP contribution < -0.4 is 5.32 Å². The van der Waals surface area contributed by atoms with Crippen molar-refractivity contribution < 1.29 is 8.42 Å². The van der Waals surface area contributed by atoms with Crippen LogP contribution in [0.15, 0.2) is 41.8 Å². The first-order valence-electron chi connectivity index (χ1n) is 5.70. The lowest BCUT2D eigenvalue weighted by atomic mass is 10.2. The molecule has 0 bridgehead atoms. The van der Waals surface area contributed by atoms with Crippen LogP contribution in [0, 0.1) is 0 Å². The highest BCUT2D eigenvalue weighted by molar-refractivity contribution is 7.91. The van der Waals surface area contributed by atoms with Gasteiger partial charge in [0.1, 0.15) is 0 Å². The molecule has 0 amide bonds. The summed E-state index contributed by atoms with van der Waals surface area (Å²) in [6, 6.07) is 7.16. The summed E-state index contributed by atoms with van der Waals surface area (Å²) in [4.78, 5) is 0.377. The zero-order valence-corrected chi connectivity index (χ0v) is 11.1. The lowest BCUT2D eigenvalue weighted by molar-refractivity contribution is 0.597. The highest BCUT2D eigenvalue weighted by Gasteiger charge is 2.10. The van der Waals surface area contributed by atoms with Gasteiger partial charge in [0.05, 0.1) is 10.6 Å². The van der Waals surface area contributed by atoms with E-state index in [2.05, 4.69) is 18.8 Å². The third kappa shape index (κ3) is 3.89. The molecular formula is C13H19NO2S. The molecule has 4 heteroatoms. The average molecular weight is 253 g/mol. The molecule has 1 aromatic rings. The quantitative estimate of drug-likeness (QED) is 0.793. The minimum Gasteiger partial charge on any atom is -0.382 e. The van der Waals surface area contributed by atoms with Gasteiger partial charge in [-0.2, -0.15) is 0 Å². The van der Waals surface area contributed by atoms with Crippen molar-refractivity contribution in [3.05, 3.63) is 36.9 Å². The second-order valence-corrected chi connectivity index (χ2v) is 6.28. The molecule has 94 valence electrons. The predicted octanol–water partition coefficient (Wildman–Crippen LogP) is 2.86. The van der Waals surface area contributed by atoms with Gasteiger partial charge in [0, 0.05) is 11.7 Å². The van der Waals surface area contributed by atoms with E-state index in [0.717, 1.165) is 12.1 Å². The SMILES string of the molecule is C=CCC(C)Nc1ccc(S(=O)(=O)CC)cc1. The second kappa shape index (κ2) is 5.87. The van der Waals surface area contributed by atoms with Crippen molar-refractivity contribution in [3.63, 3.8) is 0 Å². The summed E-state index contributed by atoms with van der Waals surface area (Å²) >= 11 is 0. The van der Waals surface area contributed by atoms with Crippen LogP contribution in [0.4, 0.5) is 5.69 Å². The second-order valence-electron chi connectivity index (χ2n) is 4.00. The Morgan fingerprint density at radius 2 is 1.94 bits per heavy atom. The molecule has 1 unspecified atom stereocenters. The van der Waals surface area contributed by atoms with E-state index in [0.29, 0.717) is 10.9 Å². The Bertz CT molecular complexity index is 463. The minimum atomic E-state index is -3.10. The highest BCUT2D eigenvalue weighted by atomic mass is 32.2. The van der Waals surface area contributed by atoms with Crippen LogP contribution in [0.3, 0.4) is 0 Å². The van der Waals surface area contributed by atoms with Crippen LogP contribution in [0.1, 0.15) is 20.3 Å². The molecule has 1 atom stereocenters. The maximum atomic E-state index is 11.6. The largest absolute Gasteiger partial charge is 0.382 e. The van der Waals surface area contributed by atoms with Gasteiger partial charge in [-0.05, 0) is 37.6 Å². The maximum absolute atomic E-state index is 11.6. The van der Waals surface area contributed by atoms with E-state index < -0.39 is 9.84 Å². The first kappa shape index (κ1) is 13.8. The summed E-state index contributed by atoms with van der Waals surface area (Å²) in [6.45, 7) is 7.38. The van der Waals surface area contributed by atoms with Gasteiger partial charge in [0.2, 0.25) is 0 Å². The fraction of sp³-hybridized carbons (Fsp3) is 0.385. The average Bonchev–Trinajstić information content (AvgIpc) is 2.30. The Morgan fingerprint density at radius 1 is 1.35 bits per heavy atom. The molecule has 0 saturated carbocycles. The Hall–Kier alpha value is -1.29. The van der Waals surface area contributed by atoms with Crippen LogP contribution in [-0.2, 0) is 9.84 Å². The molecule has 0 saturated heterocycles. The van der Waals surface area contributed by atoms with Crippen molar-refractivity contribution in [1.29, 1.82) is 0 Å². The van der Waals surface area contributed by atoms with Gasteiger partial charge in [-0.25, -0.2) is 8.42 Å². The van der Waals surface area contributed by atoms with Crippen molar-refractivity contribution in [1.82, 2.24) is 0 Å². The zero-order chi connectivity index (χ0) is 12.9. The van der Waals surface area contributed by atoms with E-state index in [1.54, 1.807) is 31.2 Å². The van der Waals surface area contributed by atoms with E-state index >= 15 is 0 Å². The third-order valence-corrected chi connectivity index (χ3v) is 4.28. The number of rotatable bonds is 6. The molecule has 1 rings (SSSR count). The molecule has 17 heavy (non-hydrogen) atoms. The fourth-order valence-electron chi connectivity index (χ4n) is 1.52. The van der Waals surface area contributed by atoms with Gasteiger partial charge in [-0.15, -0.1) is 6.58 Å². The lowest BCUT2D eigenvalue weighted by Crippen LogP contribution is -2.13. The number of hydrogen-bond acceptors (Lipinski definition) is 3. The topological polar surface area (TPSA) is 46.2 Å². The van der Waals surface area contributed by atoms with Gasteiger partial charge >= 0.3 is 0 Å². The molecule has 0 heterocycles. The van der Waals surface area contributed by atoms with Crippen molar-refractivity contribution in [2.45, 2.75) is 31.2 Å². The number of nitrogens with one attached hydrogen (secondary N) is 1. The summed E-state index contributed by atoms with van der Waals surface area (Å²) in [7, 11) is -3.10. The van der Waals surface area contributed by atoms with Crippen LogP contribution in [0.2, 0.25) is 0 Å². The summed E-state index contributed by atoms with van der Waals surface area (Å²) in [5.41, 5.74) is 0.925. The number of anilines is 1. The molecule has 1 aromatic carbocycles. The van der Waals surface area contributed by atoms with Crippen molar-refractivity contribution in [2.75, 3.05) is 11.1 Å². The molecule has 1 N–H and O–H groups in total. The van der Waals surface area contributed by atoms with Crippen molar-refractivity contribution >= 4 is 15.5 Å². The molecule has 0 radical (unpaired) electrons. The summed E-state index contributed by atoms with van der Waals surface area (Å²) in [5.74, 6) is 0.132. The monoisotopic (exact) mass is 253 g/mol. The summed E-state index contributed by atoms with van der Waals surface area (Å²) in [5, 5.41) is 3.27. The van der Waals surface area contributed by atoms with Crippen LogP contribution >= 0.6 is 0 Å². The number of benzene rings is 1. The molecular weight excluding hydrogens is 234 g/mol. The van der Waals surface area contributed by atoms with E-state index in [9.17, 15) is 8.42 Å². The van der Waals surface area contributed by atoms with Gasteiger partial charge in [0.15, 0.2) is 9.84 Å². The Balaban J connectivity index is 2.78. The number of sulfone groups is 1. The van der Waals surface area contributed by atoms with Gasteiger partial charge in [-0.3, -0.25) is 0 Å². The summed E-state index contributed by atoms with van der Waals surface area (Å²) in [6.07, 6.45) is 2.72. The Morgan fingerprint density at radius 3 is 2.41 bits per heavy atom. The van der Waals surface area contributed by atoms with Gasteiger partial charge < -0.3 is 5.32 Å². The van der Waals surface area contributed by atoms with Gasteiger partial charge in [0.25, 0.3) is 0 Å². The number of hydrogen-bond donors (Lipinski definition) is 1. The first-order valence-corrected chi connectivity index (χ1v) is 7.35. The maximum Gasteiger partial charge on any atom is 0.178 e. The standard InChI is InChI=1S/C13H19NO2S/c1-4-6-11(3)14-12-7-9-13(10-8-12)17(15,16)5-2/h4,7-11,14H,1,5-6H2,2-3H3. The predicted molar refractivity (Wildman–Crippen MR) is 72.1 cm³/mol. The van der Waals surface area contributed by atoms with E-state index in [4.69, 9.17) is 0 Å². The fourth-order valence-corrected chi connectivity index (χ4v) is 2.40. The molecule has 3 nitrogen and oxygen atoms in total. The Kier molecular flexibility index (Phi) is 4.75. The smallest absolute Gasteiger partial charge is 0.178 e. The minimum absolute atomic E-state index is 0.132. The molecule has 0 aliphatic heterocycles. The zero-order valence-electron chi connectivity index (χ0n) is 10.3. The normalized spacial score (nSPS) is 13.1. The molecule has 0 aliphatic rings. The highest BCUT2D eigenvalue weighted by Crippen LogP contribution is 2.16. The van der Waals surface area contributed by atoms with Crippen LogP contribution in [0.25, 0.3) is 0 Å². The van der Waals surface area contributed by atoms with Crippen LogP contribution in [0.5, 0.6) is 0 Å². The summed E-state index contributed by atoms with van der Waals surface area (Å²) < 4.78 is 23.2. The van der Waals surface area contributed by atoms with E-state index in [-0.39, 0.29) is 5.75 Å². The first-order chi connectivity index (χ1) is 7.99. The van der Waals surface area contributed by atoms with E-state index in [1.165, 1.54) is 0 Å². The van der Waals surface area contributed by atoms with Gasteiger partial charge in [-0.1, -0.05) is 13.0 Å². The van der Waals surface area contributed by atoms with Crippen molar-refractivity contribution in [3.8, 4) is 0 Å².